The van der Waals surface area contributed by atoms with E-state index in [1.807, 2.05) is 12.1 Å². The molecule has 0 amide bonds. The van der Waals surface area contributed by atoms with Crippen LogP contribution in [0.25, 0.3) is 0 Å². The molecule has 1 saturated heterocycles. The van der Waals surface area contributed by atoms with E-state index in [9.17, 15) is 4.79 Å². The van der Waals surface area contributed by atoms with E-state index in [2.05, 4.69) is 33.8 Å². The summed E-state index contributed by atoms with van der Waals surface area (Å²) in [5.74, 6) is 0.831. The second kappa shape index (κ2) is 5.67. The number of benzene rings is 1. The van der Waals surface area contributed by atoms with Crippen molar-refractivity contribution in [3.8, 4) is 0 Å². The van der Waals surface area contributed by atoms with Crippen molar-refractivity contribution in [2.75, 3.05) is 18.0 Å². The molecule has 1 unspecified atom stereocenters. The maximum absolute atomic E-state index is 10.8. The van der Waals surface area contributed by atoms with Crippen molar-refractivity contribution in [3.05, 3.63) is 28.2 Å². The Balaban J connectivity index is 2.16. The van der Waals surface area contributed by atoms with Gasteiger partial charge in [0.15, 0.2) is 6.29 Å². The summed E-state index contributed by atoms with van der Waals surface area (Å²) >= 11 is 3.45. The smallest absolute Gasteiger partial charge is 0.151 e. The molecule has 92 valence electrons. The van der Waals surface area contributed by atoms with Gasteiger partial charge in [-0.3, -0.25) is 4.79 Å². The van der Waals surface area contributed by atoms with E-state index in [1.165, 1.54) is 24.9 Å². The fraction of sp³-hybridized carbons (Fsp3) is 0.500. The lowest BCUT2D eigenvalue weighted by atomic mass is 10.0. The zero-order valence-corrected chi connectivity index (χ0v) is 11.7. The van der Waals surface area contributed by atoms with Gasteiger partial charge in [0.25, 0.3) is 0 Å². The molecule has 1 aromatic carbocycles. The highest BCUT2D eigenvalue weighted by molar-refractivity contribution is 9.10. The zero-order chi connectivity index (χ0) is 12.3. The van der Waals surface area contributed by atoms with Gasteiger partial charge in [0.05, 0.1) is 0 Å². The predicted molar refractivity (Wildman–Crippen MR) is 74.8 cm³/mol. The molecule has 2 nitrogen and oxygen atoms in total. The molecule has 0 aliphatic carbocycles. The molecule has 1 aromatic rings. The van der Waals surface area contributed by atoms with Crippen molar-refractivity contribution in [2.24, 2.45) is 5.92 Å². The predicted octanol–water partition coefficient (Wildman–Crippen LogP) is 3.89. The number of aldehydes is 1. The first-order valence-corrected chi connectivity index (χ1v) is 6.99. The summed E-state index contributed by atoms with van der Waals surface area (Å²) in [6, 6.07) is 5.99. The molecule has 0 spiro atoms. The largest absolute Gasteiger partial charge is 0.371 e. The highest BCUT2D eigenvalue weighted by atomic mass is 79.9. The number of hydrogen-bond acceptors (Lipinski definition) is 2. The fourth-order valence-electron chi connectivity index (χ4n) is 2.33. The minimum Gasteiger partial charge on any atom is -0.371 e. The number of carbonyl (C=O) groups is 1. The molecule has 3 heteroatoms. The number of carbonyl (C=O) groups excluding carboxylic acids is 1. The molecule has 1 fully saturated rings. The highest BCUT2D eigenvalue weighted by Crippen LogP contribution is 2.26. The summed E-state index contributed by atoms with van der Waals surface area (Å²) in [6.07, 6.45) is 4.73. The maximum Gasteiger partial charge on any atom is 0.151 e. The number of nitrogens with zero attached hydrogens (tertiary/aromatic N) is 1. The first-order valence-electron chi connectivity index (χ1n) is 6.20. The van der Waals surface area contributed by atoms with Crippen molar-refractivity contribution < 1.29 is 4.79 Å². The van der Waals surface area contributed by atoms with Crippen LogP contribution in [-0.4, -0.2) is 19.4 Å². The van der Waals surface area contributed by atoms with Crippen LogP contribution in [0.15, 0.2) is 22.7 Å². The minimum absolute atomic E-state index is 0.719. The van der Waals surface area contributed by atoms with E-state index < -0.39 is 0 Å². The van der Waals surface area contributed by atoms with Gasteiger partial charge in [0.1, 0.15) is 0 Å². The molecular weight excluding hydrogens is 278 g/mol. The molecule has 0 N–H and O–H groups in total. The summed E-state index contributed by atoms with van der Waals surface area (Å²) < 4.78 is 0.891. The van der Waals surface area contributed by atoms with Crippen LogP contribution in [0.2, 0.25) is 0 Å². The van der Waals surface area contributed by atoms with Crippen molar-refractivity contribution in [3.63, 3.8) is 0 Å². The average molecular weight is 296 g/mol. The second-order valence-electron chi connectivity index (χ2n) is 4.85. The van der Waals surface area contributed by atoms with Gasteiger partial charge in [0, 0.05) is 28.8 Å². The van der Waals surface area contributed by atoms with Crippen molar-refractivity contribution >= 4 is 27.9 Å². The van der Waals surface area contributed by atoms with E-state index >= 15 is 0 Å². The molecule has 1 aliphatic rings. The molecular formula is C14H18BrNO. The van der Waals surface area contributed by atoms with Crippen LogP contribution in [-0.2, 0) is 0 Å². The molecule has 2 rings (SSSR count). The third-order valence-corrected chi connectivity index (χ3v) is 4.18. The van der Waals surface area contributed by atoms with Crippen LogP contribution >= 0.6 is 15.9 Å². The Labute approximate surface area is 111 Å². The van der Waals surface area contributed by atoms with E-state index in [1.54, 1.807) is 0 Å². The van der Waals surface area contributed by atoms with Crippen LogP contribution in [0.4, 0.5) is 5.69 Å². The second-order valence-corrected chi connectivity index (χ2v) is 5.70. The number of hydrogen-bond donors (Lipinski definition) is 0. The van der Waals surface area contributed by atoms with Gasteiger partial charge in [-0.2, -0.15) is 0 Å². The highest BCUT2D eigenvalue weighted by Gasteiger charge is 2.14. The Morgan fingerprint density at radius 3 is 2.88 bits per heavy atom. The molecule has 0 saturated carbocycles. The number of anilines is 1. The number of rotatable bonds is 2. The van der Waals surface area contributed by atoms with Crippen molar-refractivity contribution in [2.45, 2.75) is 26.2 Å². The van der Waals surface area contributed by atoms with Crippen LogP contribution in [0.3, 0.4) is 0 Å². The van der Waals surface area contributed by atoms with Gasteiger partial charge < -0.3 is 4.90 Å². The van der Waals surface area contributed by atoms with Gasteiger partial charge in [-0.05, 0) is 59.3 Å². The van der Waals surface area contributed by atoms with Crippen LogP contribution in [0.5, 0.6) is 0 Å². The maximum atomic E-state index is 10.8. The fourth-order valence-corrected chi connectivity index (χ4v) is 2.79. The molecule has 17 heavy (non-hydrogen) atoms. The van der Waals surface area contributed by atoms with E-state index in [-0.39, 0.29) is 0 Å². The summed E-state index contributed by atoms with van der Waals surface area (Å²) in [5, 5.41) is 0. The first kappa shape index (κ1) is 12.6. The van der Waals surface area contributed by atoms with Crippen LogP contribution in [0.1, 0.15) is 36.5 Å². The zero-order valence-electron chi connectivity index (χ0n) is 10.2. The summed E-state index contributed by atoms with van der Waals surface area (Å²) in [4.78, 5) is 13.2. The Morgan fingerprint density at radius 2 is 2.18 bits per heavy atom. The minimum atomic E-state index is 0.719. The van der Waals surface area contributed by atoms with E-state index in [0.717, 1.165) is 35.3 Å². The molecule has 1 heterocycles. The monoisotopic (exact) mass is 295 g/mol. The Kier molecular flexibility index (Phi) is 4.21. The molecule has 0 radical (unpaired) electrons. The Bertz CT molecular complexity index is 405. The lowest BCUT2D eigenvalue weighted by Gasteiger charge is -2.23. The van der Waals surface area contributed by atoms with Gasteiger partial charge in [-0.1, -0.05) is 6.92 Å². The van der Waals surface area contributed by atoms with Crippen molar-refractivity contribution in [1.82, 2.24) is 0 Å². The van der Waals surface area contributed by atoms with Gasteiger partial charge in [0.2, 0.25) is 0 Å². The quantitative estimate of drug-likeness (QED) is 0.772. The third-order valence-electron chi connectivity index (χ3n) is 3.49. The van der Waals surface area contributed by atoms with Crippen LogP contribution in [0, 0.1) is 5.92 Å². The summed E-state index contributed by atoms with van der Waals surface area (Å²) in [5.41, 5.74) is 1.94. The molecule has 0 bridgehead atoms. The molecule has 1 aliphatic heterocycles. The van der Waals surface area contributed by atoms with Crippen molar-refractivity contribution in [1.29, 1.82) is 0 Å². The average Bonchev–Trinajstić information content (AvgIpc) is 2.54. The van der Waals surface area contributed by atoms with Gasteiger partial charge in [-0.25, -0.2) is 0 Å². The molecule has 1 atom stereocenters. The Hall–Kier alpha value is -0.830. The summed E-state index contributed by atoms with van der Waals surface area (Å²) in [6.45, 7) is 4.57. The van der Waals surface area contributed by atoms with E-state index in [4.69, 9.17) is 0 Å². The van der Waals surface area contributed by atoms with Gasteiger partial charge >= 0.3 is 0 Å². The lowest BCUT2D eigenvalue weighted by molar-refractivity contribution is 0.112. The first-order chi connectivity index (χ1) is 8.20. The lowest BCUT2D eigenvalue weighted by Crippen LogP contribution is -2.24. The van der Waals surface area contributed by atoms with Gasteiger partial charge in [-0.15, -0.1) is 0 Å². The van der Waals surface area contributed by atoms with E-state index in [0.29, 0.717) is 0 Å². The topological polar surface area (TPSA) is 20.3 Å². The normalized spacial score (nSPS) is 21.1. The number of halogens is 1. The SMILES string of the molecule is CC1CCCN(c2ccc(C=O)c(Br)c2)CC1. The Morgan fingerprint density at radius 1 is 1.35 bits per heavy atom. The standard InChI is InChI=1S/C14H18BrNO/c1-11-3-2-7-16(8-6-11)13-5-4-12(10-17)14(15)9-13/h4-5,9-11H,2-3,6-8H2,1H3. The summed E-state index contributed by atoms with van der Waals surface area (Å²) in [7, 11) is 0. The van der Waals surface area contributed by atoms with Crippen LogP contribution < -0.4 is 4.90 Å². The molecule has 0 aromatic heterocycles. The third kappa shape index (κ3) is 3.09.